The molecule has 3 heterocycles. The van der Waals surface area contributed by atoms with Gasteiger partial charge in [0.2, 0.25) is 0 Å². The number of fused-ring (bicyclic) bond motifs is 4. The van der Waals surface area contributed by atoms with Crippen LogP contribution in [0.2, 0.25) is 0 Å². The maximum absolute atomic E-state index is 11.7. The van der Waals surface area contributed by atoms with Crippen LogP contribution in [-0.4, -0.2) is 15.9 Å². The summed E-state index contributed by atoms with van der Waals surface area (Å²) in [5.41, 5.74) is 10.4. The summed E-state index contributed by atoms with van der Waals surface area (Å²) < 4.78 is 12.8. The SMILES string of the molecule is CCC(CC)C(=O)/C=C(\O)C(CC)CC.Cc1[c-]c(-c2nccc3cc(-c4oc5c(oc6cc(CC(C)(C)C)ccc65)c4C)ccc23)cc(C)c1.[Ir]. The molecule has 6 aromatic rings. The van der Waals surface area contributed by atoms with Gasteiger partial charge in [-0.15, -0.1) is 34.9 Å². The third kappa shape index (κ3) is 9.14. The molecule has 0 bridgehead atoms. The molecule has 52 heavy (non-hydrogen) atoms. The number of benzene rings is 3. The van der Waals surface area contributed by atoms with Crippen LogP contribution in [0.3, 0.4) is 0 Å². The Bertz CT molecular complexity index is 2170. The van der Waals surface area contributed by atoms with Gasteiger partial charge in [-0.2, -0.15) is 0 Å². The van der Waals surface area contributed by atoms with E-state index >= 15 is 0 Å². The fourth-order valence-electron chi connectivity index (χ4n) is 7.08. The molecule has 0 aliphatic heterocycles. The van der Waals surface area contributed by atoms with Crippen molar-refractivity contribution in [2.24, 2.45) is 17.3 Å². The van der Waals surface area contributed by atoms with E-state index in [1.807, 2.05) is 33.9 Å². The normalized spacial score (nSPS) is 12.1. The molecule has 6 rings (SSSR count). The van der Waals surface area contributed by atoms with Crippen molar-refractivity contribution >= 4 is 38.7 Å². The molecule has 0 saturated heterocycles. The first-order valence-electron chi connectivity index (χ1n) is 18.6. The average molecular weight is 877 g/mol. The molecule has 1 N–H and O–H groups in total. The number of hydrogen-bond acceptors (Lipinski definition) is 5. The van der Waals surface area contributed by atoms with Gasteiger partial charge in [0.25, 0.3) is 0 Å². The molecule has 0 aliphatic carbocycles. The Morgan fingerprint density at radius 3 is 2.15 bits per heavy atom. The van der Waals surface area contributed by atoms with Gasteiger partial charge in [0, 0.05) is 55.3 Å². The quantitative estimate of drug-likeness (QED) is 0.0843. The van der Waals surface area contributed by atoms with E-state index in [4.69, 9.17) is 13.8 Å². The van der Waals surface area contributed by atoms with Gasteiger partial charge < -0.3 is 18.9 Å². The van der Waals surface area contributed by atoms with Gasteiger partial charge in [0.05, 0.1) is 11.1 Å². The Morgan fingerprint density at radius 2 is 1.52 bits per heavy atom. The fourth-order valence-corrected chi connectivity index (χ4v) is 7.08. The first-order chi connectivity index (χ1) is 24.3. The number of furan rings is 2. The maximum Gasteiger partial charge on any atom is 0.181 e. The summed E-state index contributed by atoms with van der Waals surface area (Å²) in [5.74, 6) is 1.40. The molecular weight excluding hydrogens is 823 g/mol. The van der Waals surface area contributed by atoms with E-state index in [9.17, 15) is 9.90 Å². The first kappa shape index (κ1) is 40.8. The smallest absolute Gasteiger partial charge is 0.181 e. The van der Waals surface area contributed by atoms with E-state index < -0.39 is 0 Å². The van der Waals surface area contributed by atoms with Gasteiger partial charge in [-0.1, -0.05) is 80.5 Å². The Kier molecular flexibility index (Phi) is 13.5. The molecule has 5 nitrogen and oxygen atoms in total. The predicted molar refractivity (Wildman–Crippen MR) is 212 cm³/mol. The van der Waals surface area contributed by atoms with Crippen molar-refractivity contribution in [2.75, 3.05) is 0 Å². The van der Waals surface area contributed by atoms with Crippen molar-refractivity contribution < 1.29 is 38.8 Å². The number of pyridine rings is 1. The number of aliphatic hydroxyl groups excluding tert-OH is 1. The molecule has 0 fully saturated rings. The number of allylic oxidation sites excluding steroid dienone is 2. The zero-order chi connectivity index (χ0) is 37.0. The molecule has 277 valence electrons. The third-order valence-electron chi connectivity index (χ3n) is 9.84. The minimum Gasteiger partial charge on any atom is -0.512 e. The van der Waals surface area contributed by atoms with E-state index in [-0.39, 0.29) is 48.9 Å². The van der Waals surface area contributed by atoms with E-state index in [1.165, 1.54) is 17.2 Å². The van der Waals surface area contributed by atoms with Crippen molar-refractivity contribution in [3.8, 4) is 22.6 Å². The van der Waals surface area contributed by atoms with E-state index in [0.717, 1.165) is 98.7 Å². The molecule has 0 amide bonds. The van der Waals surface area contributed by atoms with Crippen LogP contribution >= 0.6 is 0 Å². The summed E-state index contributed by atoms with van der Waals surface area (Å²) in [6, 6.07) is 22.7. The van der Waals surface area contributed by atoms with Crippen LogP contribution in [0.25, 0.3) is 55.5 Å². The second kappa shape index (κ2) is 17.2. The Balaban J connectivity index is 0.000000323. The summed E-state index contributed by atoms with van der Waals surface area (Å²) in [6.07, 6.45) is 7.78. The van der Waals surface area contributed by atoms with Crippen molar-refractivity contribution in [1.29, 1.82) is 0 Å². The molecule has 0 unspecified atom stereocenters. The molecule has 1 radical (unpaired) electrons. The minimum atomic E-state index is 0. The standard InChI is InChI=1S/C33H30NO2.C13H24O2.Ir/c1-19-13-20(2)15-25(14-19)29-26-10-8-24(17-23(26)11-12-34-29)30-21(3)31-32(36-30)27-9-7-22(16-28(27)35-31)18-33(4,5)6;1-5-10(6-2)12(14)9-13(15)11(7-3)8-4;/h7-14,16-17H,18H2,1-6H3;9-11,14H,5-8H2,1-4H3;/q-1;;/b;12-9-;. The fraction of sp³-hybridized carbons (Fsp3) is 0.391. The molecule has 0 atom stereocenters. The molecular formula is C46H54IrNO4-. The van der Waals surface area contributed by atoms with Gasteiger partial charge in [0.15, 0.2) is 16.9 Å². The Labute approximate surface area is 323 Å². The monoisotopic (exact) mass is 877 g/mol. The number of carbonyl (C=O) groups is 1. The topological polar surface area (TPSA) is 76.5 Å². The van der Waals surface area contributed by atoms with E-state index in [2.05, 4.69) is 102 Å². The number of carbonyl (C=O) groups excluding carboxylic acids is 1. The van der Waals surface area contributed by atoms with E-state index in [1.54, 1.807) is 0 Å². The number of rotatable bonds is 10. The molecule has 3 aromatic heterocycles. The van der Waals surface area contributed by atoms with Gasteiger partial charge in [-0.3, -0.25) is 4.79 Å². The molecule has 0 spiro atoms. The van der Waals surface area contributed by atoms with Gasteiger partial charge in [-0.05, 0) is 90.7 Å². The second-order valence-corrected chi connectivity index (χ2v) is 15.2. The summed E-state index contributed by atoms with van der Waals surface area (Å²) in [5, 5.41) is 13.0. The van der Waals surface area contributed by atoms with Crippen LogP contribution < -0.4 is 0 Å². The number of hydrogen-bond donors (Lipinski definition) is 1. The van der Waals surface area contributed by atoms with Crippen molar-refractivity contribution in [1.82, 2.24) is 4.98 Å². The number of nitrogens with zero attached hydrogens (tertiary/aromatic N) is 1. The summed E-state index contributed by atoms with van der Waals surface area (Å²) in [6.45, 7) is 21.1. The number of aliphatic hydroxyl groups is 1. The van der Waals surface area contributed by atoms with Gasteiger partial charge >= 0.3 is 0 Å². The van der Waals surface area contributed by atoms with Crippen molar-refractivity contribution in [2.45, 2.75) is 101 Å². The Morgan fingerprint density at radius 1 is 0.846 bits per heavy atom. The summed E-state index contributed by atoms with van der Waals surface area (Å²) in [4.78, 5) is 16.4. The molecule has 3 aromatic carbocycles. The van der Waals surface area contributed by atoms with Crippen LogP contribution in [0.5, 0.6) is 0 Å². The number of ketones is 1. The third-order valence-corrected chi connectivity index (χ3v) is 9.84. The number of aromatic nitrogens is 1. The van der Waals surface area contributed by atoms with Crippen molar-refractivity contribution in [3.63, 3.8) is 0 Å². The van der Waals surface area contributed by atoms with Crippen molar-refractivity contribution in [3.05, 3.63) is 101 Å². The largest absolute Gasteiger partial charge is 0.512 e. The average Bonchev–Trinajstić information content (AvgIpc) is 3.59. The molecule has 0 aliphatic rings. The first-order valence-corrected chi connectivity index (χ1v) is 18.6. The van der Waals surface area contributed by atoms with Crippen LogP contribution in [0.4, 0.5) is 0 Å². The van der Waals surface area contributed by atoms with Gasteiger partial charge in [0.1, 0.15) is 11.3 Å². The van der Waals surface area contributed by atoms with E-state index in [0.29, 0.717) is 0 Å². The zero-order valence-electron chi connectivity index (χ0n) is 32.5. The second-order valence-electron chi connectivity index (χ2n) is 15.2. The Hall–Kier alpha value is -3.99. The summed E-state index contributed by atoms with van der Waals surface area (Å²) >= 11 is 0. The zero-order valence-corrected chi connectivity index (χ0v) is 34.9. The van der Waals surface area contributed by atoms with Crippen LogP contribution in [-0.2, 0) is 31.3 Å². The minimum absolute atomic E-state index is 0. The van der Waals surface area contributed by atoms with Crippen LogP contribution in [0.1, 0.15) is 96.4 Å². The van der Waals surface area contributed by atoms with Crippen LogP contribution in [0, 0.1) is 44.1 Å². The molecule has 6 heteroatoms. The number of aryl methyl sites for hydroxylation is 3. The maximum atomic E-state index is 11.7. The summed E-state index contributed by atoms with van der Waals surface area (Å²) in [7, 11) is 0. The van der Waals surface area contributed by atoms with Gasteiger partial charge in [-0.25, -0.2) is 0 Å². The predicted octanol–water partition coefficient (Wildman–Crippen LogP) is 13.2. The van der Waals surface area contributed by atoms with Crippen LogP contribution in [0.15, 0.2) is 81.5 Å². The molecule has 0 saturated carbocycles.